The van der Waals surface area contributed by atoms with E-state index < -0.39 is 0 Å². The van der Waals surface area contributed by atoms with Crippen LogP contribution in [0, 0.1) is 6.92 Å². The number of benzene rings is 1. The molecule has 1 aliphatic rings. The van der Waals surface area contributed by atoms with Crippen molar-refractivity contribution in [1.29, 1.82) is 0 Å². The fourth-order valence-electron chi connectivity index (χ4n) is 2.31. The molecule has 0 spiro atoms. The molecule has 0 atom stereocenters. The molecular weight excluding hydrogens is 228 g/mol. The SMILES string of the molecule is Cc1cc(-c2ccc3c(c2)CCC(=O)N3C)on1. The first-order valence-corrected chi connectivity index (χ1v) is 5.98. The number of fused-ring (bicyclic) bond motifs is 1. The molecule has 1 amide bonds. The number of carbonyl (C=O) groups is 1. The van der Waals surface area contributed by atoms with E-state index in [4.69, 9.17) is 4.52 Å². The van der Waals surface area contributed by atoms with E-state index >= 15 is 0 Å². The summed E-state index contributed by atoms with van der Waals surface area (Å²) in [6.07, 6.45) is 1.36. The highest BCUT2D eigenvalue weighted by Crippen LogP contribution is 2.31. The molecule has 0 radical (unpaired) electrons. The van der Waals surface area contributed by atoms with E-state index in [0.29, 0.717) is 6.42 Å². The van der Waals surface area contributed by atoms with Crippen LogP contribution >= 0.6 is 0 Å². The molecule has 1 aromatic carbocycles. The monoisotopic (exact) mass is 242 g/mol. The minimum absolute atomic E-state index is 0.172. The maximum atomic E-state index is 11.6. The van der Waals surface area contributed by atoms with Crippen LogP contribution in [-0.4, -0.2) is 18.1 Å². The molecule has 0 unspecified atom stereocenters. The Morgan fingerprint density at radius 1 is 1.28 bits per heavy atom. The van der Waals surface area contributed by atoms with E-state index in [1.807, 2.05) is 32.2 Å². The van der Waals surface area contributed by atoms with Crippen LogP contribution in [-0.2, 0) is 11.2 Å². The summed E-state index contributed by atoms with van der Waals surface area (Å²) in [4.78, 5) is 13.3. The molecule has 2 heterocycles. The predicted molar refractivity (Wildman–Crippen MR) is 68.4 cm³/mol. The Bertz CT molecular complexity index is 616. The quantitative estimate of drug-likeness (QED) is 0.772. The Balaban J connectivity index is 2.04. The molecule has 0 N–H and O–H groups in total. The summed E-state index contributed by atoms with van der Waals surface area (Å²) in [5.41, 5.74) is 4.06. The Labute approximate surface area is 105 Å². The Kier molecular flexibility index (Phi) is 2.44. The van der Waals surface area contributed by atoms with Gasteiger partial charge in [0, 0.05) is 30.8 Å². The molecule has 0 aliphatic carbocycles. The Hall–Kier alpha value is -2.10. The zero-order valence-corrected chi connectivity index (χ0v) is 10.4. The molecule has 4 heteroatoms. The maximum absolute atomic E-state index is 11.6. The third-order valence-corrected chi connectivity index (χ3v) is 3.34. The van der Waals surface area contributed by atoms with Gasteiger partial charge in [-0.05, 0) is 37.1 Å². The second-order valence-electron chi connectivity index (χ2n) is 4.63. The number of aryl methyl sites for hydroxylation is 2. The average molecular weight is 242 g/mol. The van der Waals surface area contributed by atoms with Crippen LogP contribution in [0.2, 0.25) is 0 Å². The number of nitrogens with zero attached hydrogens (tertiary/aromatic N) is 2. The lowest BCUT2D eigenvalue weighted by Gasteiger charge is -2.25. The van der Waals surface area contributed by atoms with E-state index in [2.05, 4.69) is 11.2 Å². The summed E-state index contributed by atoms with van der Waals surface area (Å²) < 4.78 is 5.26. The molecule has 3 rings (SSSR count). The fourth-order valence-corrected chi connectivity index (χ4v) is 2.31. The topological polar surface area (TPSA) is 46.3 Å². The molecule has 0 fully saturated rings. The summed E-state index contributed by atoms with van der Waals surface area (Å²) >= 11 is 0. The van der Waals surface area contributed by atoms with Crippen molar-refractivity contribution < 1.29 is 9.32 Å². The molecule has 0 bridgehead atoms. The summed E-state index contributed by atoms with van der Waals surface area (Å²) in [5.74, 6) is 0.945. The minimum atomic E-state index is 0.172. The van der Waals surface area contributed by atoms with Gasteiger partial charge >= 0.3 is 0 Å². The molecular formula is C14H14N2O2. The van der Waals surface area contributed by atoms with Gasteiger partial charge in [0.25, 0.3) is 0 Å². The van der Waals surface area contributed by atoms with Crippen LogP contribution in [0.25, 0.3) is 11.3 Å². The van der Waals surface area contributed by atoms with Crippen LogP contribution in [0.4, 0.5) is 5.69 Å². The van der Waals surface area contributed by atoms with Crippen LogP contribution in [0.15, 0.2) is 28.8 Å². The highest BCUT2D eigenvalue weighted by atomic mass is 16.5. The minimum Gasteiger partial charge on any atom is -0.356 e. The van der Waals surface area contributed by atoms with E-state index in [1.54, 1.807) is 4.90 Å². The molecule has 2 aromatic rings. The number of hydrogen-bond donors (Lipinski definition) is 0. The van der Waals surface area contributed by atoms with Gasteiger partial charge in [0.1, 0.15) is 0 Å². The molecule has 18 heavy (non-hydrogen) atoms. The van der Waals surface area contributed by atoms with Gasteiger partial charge in [-0.15, -0.1) is 0 Å². The standard InChI is InChI=1S/C14H14N2O2/c1-9-7-13(18-15-9)11-3-5-12-10(8-11)4-6-14(17)16(12)2/h3,5,7-8H,4,6H2,1-2H3. The first kappa shape index (κ1) is 11.0. The molecule has 0 saturated heterocycles. The molecule has 4 nitrogen and oxygen atoms in total. The summed E-state index contributed by atoms with van der Waals surface area (Å²) in [7, 11) is 1.82. The summed E-state index contributed by atoms with van der Waals surface area (Å²) in [6.45, 7) is 1.90. The lowest BCUT2D eigenvalue weighted by Crippen LogP contribution is -2.30. The summed E-state index contributed by atoms with van der Waals surface area (Å²) in [6, 6.07) is 7.94. The van der Waals surface area contributed by atoms with Crippen LogP contribution in [0.3, 0.4) is 0 Å². The maximum Gasteiger partial charge on any atom is 0.227 e. The third kappa shape index (κ3) is 1.70. The van der Waals surface area contributed by atoms with Crippen molar-refractivity contribution in [3.63, 3.8) is 0 Å². The van der Waals surface area contributed by atoms with Crippen LogP contribution in [0.5, 0.6) is 0 Å². The Morgan fingerprint density at radius 3 is 2.83 bits per heavy atom. The number of hydrogen-bond acceptors (Lipinski definition) is 3. The first-order valence-electron chi connectivity index (χ1n) is 5.98. The number of anilines is 1. The van der Waals surface area contributed by atoms with Gasteiger partial charge in [0.2, 0.25) is 5.91 Å². The first-order chi connectivity index (χ1) is 8.65. The van der Waals surface area contributed by atoms with Gasteiger partial charge in [-0.3, -0.25) is 4.79 Å². The number of carbonyl (C=O) groups excluding carboxylic acids is 1. The van der Waals surface area contributed by atoms with Crippen molar-refractivity contribution in [1.82, 2.24) is 5.16 Å². The van der Waals surface area contributed by atoms with Gasteiger partial charge in [-0.25, -0.2) is 0 Å². The molecule has 0 saturated carbocycles. The van der Waals surface area contributed by atoms with Crippen molar-refractivity contribution in [2.45, 2.75) is 19.8 Å². The van der Waals surface area contributed by atoms with Crippen molar-refractivity contribution in [2.75, 3.05) is 11.9 Å². The second-order valence-corrected chi connectivity index (χ2v) is 4.63. The number of rotatable bonds is 1. The van der Waals surface area contributed by atoms with E-state index in [9.17, 15) is 4.79 Å². The fraction of sp³-hybridized carbons (Fsp3) is 0.286. The van der Waals surface area contributed by atoms with Gasteiger partial charge in [-0.1, -0.05) is 5.16 Å². The lowest BCUT2D eigenvalue weighted by atomic mass is 9.98. The largest absolute Gasteiger partial charge is 0.356 e. The smallest absolute Gasteiger partial charge is 0.227 e. The van der Waals surface area contributed by atoms with Crippen LogP contribution < -0.4 is 4.90 Å². The molecule has 92 valence electrons. The zero-order valence-electron chi connectivity index (χ0n) is 10.4. The molecule has 1 aliphatic heterocycles. The zero-order chi connectivity index (χ0) is 12.7. The lowest BCUT2D eigenvalue weighted by molar-refractivity contribution is -0.118. The average Bonchev–Trinajstić information content (AvgIpc) is 2.80. The van der Waals surface area contributed by atoms with Gasteiger partial charge < -0.3 is 9.42 Å². The summed E-state index contributed by atoms with van der Waals surface area (Å²) in [5, 5.41) is 3.89. The van der Waals surface area contributed by atoms with Crippen molar-refractivity contribution >= 4 is 11.6 Å². The van der Waals surface area contributed by atoms with Gasteiger partial charge in [0.15, 0.2) is 5.76 Å². The second kappa shape index (κ2) is 3.98. The van der Waals surface area contributed by atoms with Gasteiger partial charge in [-0.2, -0.15) is 0 Å². The Morgan fingerprint density at radius 2 is 2.11 bits per heavy atom. The highest BCUT2D eigenvalue weighted by molar-refractivity contribution is 5.96. The number of amides is 1. The van der Waals surface area contributed by atoms with Crippen molar-refractivity contribution in [3.05, 3.63) is 35.5 Å². The van der Waals surface area contributed by atoms with E-state index in [-0.39, 0.29) is 5.91 Å². The highest BCUT2D eigenvalue weighted by Gasteiger charge is 2.21. The third-order valence-electron chi connectivity index (χ3n) is 3.34. The normalized spacial score (nSPS) is 14.8. The van der Waals surface area contributed by atoms with E-state index in [0.717, 1.165) is 29.1 Å². The van der Waals surface area contributed by atoms with E-state index in [1.165, 1.54) is 5.56 Å². The number of aromatic nitrogens is 1. The van der Waals surface area contributed by atoms with Crippen LogP contribution in [0.1, 0.15) is 17.7 Å². The van der Waals surface area contributed by atoms with Crippen molar-refractivity contribution in [3.8, 4) is 11.3 Å². The van der Waals surface area contributed by atoms with Crippen molar-refractivity contribution in [2.24, 2.45) is 0 Å². The van der Waals surface area contributed by atoms with Gasteiger partial charge in [0.05, 0.1) is 5.69 Å². The molecule has 1 aromatic heterocycles. The predicted octanol–water partition coefficient (Wildman–Crippen LogP) is 2.56.